The van der Waals surface area contributed by atoms with Crippen LogP contribution in [0.25, 0.3) is 0 Å². The van der Waals surface area contributed by atoms with Gasteiger partial charge in [0.1, 0.15) is 0 Å². The van der Waals surface area contributed by atoms with Gasteiger partial charge >= 0.3 is 5.97 Å². The van der Waals surface area contributed by atoms with Gasteiger partial charge in [0.05, 0.1) is 12.5 Å². The van der Waals surface area contributed by atoms with Gasteiger partial charge in [-0.3, -0.25) is 4.79 Å². The fraction of sp³-hybridized carbons (Fsp3) is 0.417. The SMILES string of the molecule is COC(=O)C1(c2cccc(Cl)c2)CCC1. The molecule has 0 radical (unpaired) electrons. The van der Waals surface area contributed by atoms with Crippen LogP contribution in [-0.4, -0.2) is 13.1 Å². The molecule has 1 aromatic rings. The first kappa shape index (κ1) is 10.5. The van der Waals surface area contributed by atoms with Gasteiger partial charge in [0.2, 0.25) is 0 Å². The highest BCUT2D eigenvalue weighted by Gasteiger charge is 2.46. The highest BCUT2D eigenvalue weighted by molar-refractivity contribution is 6.30. The van der Waals surface area contributed by atoms with Crippen LogP contribution in [0.2, 0.25) is 5.02 Å². The molecule has 0 N–H and O–H groups in total. The topological polar surface area (TPSA) is 26.3 Å². The highest BCUT2D eigenvalue weighted by atomic mass is 35.5. The van der Waals surface area contributed by atoms with E-state index in [0.717, 1.165) is 24.8 Å². The average Bonchev–Trinajstić information content (AvgIpc) is 2.16. The van der Waals surface area contributed by atoms with Gasteiger partial charge in [-0.15, -0.1) is 0 Å². The molecule has 2 rings (SSSR count). The van der Waals surface area contributed by atoms with Crippen molar-refractivity contribution in [2.24, 2.45) is 0 Å². The van der Waals surface area contributed by atoms with Gasteiger partial charge in [-0.2, -0.15) is 0 Å². The highest BCUT2D eigenvalue weighted by Crippen LogP contribution is 2.45. The zero-order valence-corrected chi connectivity index (χ0v) is 9.38. The third-order valence-corrected chi connectivity index (χ3v) is 3.40. The Kier molecular flexibility index (Phi) is 2.70. The van der Waals surface area contributed by atoms with Crippen molar-refractivity contribution in [2.45, 2.75) is 24.7 Å². The Labute approximate surface area is 94.2 Å². The smallest absolute Gasteiger partial charge is 0.316 e. The molecule has 2 nitrogen and oxygen atoms in total. The number of carbonyl (C=O) groups excluding carboxylic acids is 1. The Morgan fingerprint density at radius 2 is 2.20 bits per heavy atom. The summed E-state index contributed by atoms with van der Waals surface area (Å²) in [4.78, 5) is 11.8. The molecule has 0 bridgehead atoms. The molecule has 1 fully saturated rings. The van der Waals surface area contributed by atoms with E-state index in [2.05, 4.69) is 0 Å². The fourth-order valence-electron chi connectivity index (χ4n) is 2.12. The number of halogens is 1. The molecule has 0 saturated heterocycles. The molecule has 0 heterocycles. The third kappa shape index (κ3) is 1.63. The lowest BCUT2D eigenvalue weighted by atomic mass is 9.64. The molecule has 0 atom stereocenters. The van der Waals surface area contributed by atoms with Gasteiger partial charge in [-0.25, -0.2) is 0 Å². The Hall–Kier alpha value is -1.02. The average molecular weight is 225 g/mol. The fourth-order valence-corrected chi connectivity index (χ4v) is 2.31. The Morgan fingerprint density at radius 3 is 2.67 bits per heavy atom. The normalized spacial score (nSPS) is 18.0. The molecule has 0 aromatic heterocycles. The summed E-state index contributed by atoms with van der Waals surface area (Å²) in [5.74, 6) is -0.143. The van der Waals surface area contributed by atoms with Crippen LogP contribution in [0.15, 0.2) is 24.3 Å². The Balaban J connectivity index is 2.38. The van der Waals surface area contributed by atoms with Gasteiger partial charge in [-0.1, -0.05) is 30.2 Å². The monoisotopic (exact) mass is 224 g/mol. The Morgan fingerprint density at radius 1 is 1.47 bits per heavy atom. The lowest BCUT2D eigenvalue weighted by Gasteiger charge is -2.39. The van der Waals surface area contributed by atoms with Gasteiger partial charge in [0, 0.05) is 5.02 Å². The van der Waals surface area contributed by atoms with E-state index in [-0.39, 0.29) is 5.97 Å². The second kappa shape index (κ2) is 3.86. The van der Waals surface area contributed by atoms with Gasteiger partial charge in [-0.05, 0) is 30.5 Å². The second-order valence-electron chi connectivity index (χ2n) is 3.94. The van der Waals surface area contributed by atoms with E-state index >= 15 is 0 Å². The molecule has 1 aliphatic carbocycles. The minimum atomic E-state index is -0.431. The van der Waals surface area contributed by atoms with Crippen LogP contribution in [0.1, 0.15) is 24.8 Å². The van der Waals surface area contributed by atoms with Crippen molar-refractivity contribution in [3.8, 4) is 0 Å². The molecule has 15 heavy (non-hydrogen) atoms. The summed E-state index contributed by atoms with van der Waals surface area (Å²) >= 11 is 5.93. The summed E-state index contributed by atoms with van der Waals surface area (Å²) in [5, 5.41) is 0.669. The van der Waals surface area contributed by atoms with Crippen LogP contribution in [0.5, 0.6) is 0 Å². The van der Waals surface area contributed by atoms with Gasteiger partial charge < -0.3 is 4.74 Å². The van der Waals surface area contributed by atoms with E-state index in [1.807, 2.05) is 24.3 Å². The first-order chi connectivity index (χ1) is 7.19. The summed E-state index contributed by atoms with van der Waals surface area (Å²) in [6, 6.07) is 7.50. The minimum absolute atomic E-state index is 0.143. The molecular weight excluding hydrogens is 212 g/mol. The van der Waals surface area contributed by atoms with Crippen LogP contribution in [0.3, 0.4) is 0 Å². The molecule has 0 spiro atoms. The quantitative estimate of drug-likeness (QED) is 0.722. The van der Waals surface area contributed by atoms with Crippen molar-refractivity contribution in [3.63, 3.8) is 0 Å². The maximum absolute atomic E-state index is 11.8. The summed E-state index contributed by atoms with van der Waals surface area (Å²) < 4.78 is 4.87. The number of ether oxygens (including phenoxy) is 1. The van der Waals surface area contributed by atoms with Crippen LogP contribution in [-0.2, 0) is 14.9 Å². The summed E-state index contributed by atoms with van der Waals surface area (Å²) in [6.45, 7) is 0. The van der Waals surface area contributed by atoms with E-state index in [1.54, 1.807) is 0 Å². The maximum Gasteiger partial charge on any atom is 0.316 e. The van der Waals surface area contributed by atoms with Crippen molar-refractivity contribution in [2.75, 3.05) is 7.11 Å². The molecule has 1 aliphatic rings. The zero-order chi connectivity index (χ0) is 10.9. The standard InChI is InChI=1S/C12H13ClO2/c1-15-11(14)12(6-3-7-12)9-4-2-5-10(13)8-9/h2,4-5,8H,3,6-7H2,1H3. The van der Waals surface area contributed by atoms with E-state index in [1.165, 1.54) is 7.11 Å². The molecule has 3 heteroatoms. The predicted octanol–water partition coefficient (Wildman–Crippen LogP) is 2.93. The third-order valence-electron chi connectivity index (χ3n) is 3.16. The zero-order valence-electron chi connectivity index (χ0n) is 8.63. The van der Waals surface area contributed by atoms with E-state index < -0.39 is 5.41 Å². The molecule has 0 amide bonds. The molecule has 1 saturated carbocycles. The number of benzene rings is 1. The first-order valence-electron chi connectivity index (χ1n) is 5.03. The molecular formula is C12H13ClO2. The minimum Gasteiger partial charge on any atom is -0.468 e. The van der Waals surface area contributed by atoms with Gasteiger partial charge in [0.15, 0.2) is 0 Å². The predicted molar refractivity (Wildman–Crippen MR) is 59.0 cm³/mol. The van der Waals surface area contributed by atoms with Crippen LogP contribution in [0, 0.1) is 0 Å². The summed E-state index contributed by atoms with van der Waals surface area (Å²) in [5.41, 5.74) is 0.549. The van der Waals surface area contributed by atoms with Gasteiger partial charge in [0.25, 0.3) is 0 Å². The van der Waals surface area contributed by atoms with Crippen molar-refractivity contribution in [1.29, 1.82) is 0 Å². The molecule has 0 unspecified atom stereocenters. The van der Waals surface area contributed by atoms with Crippen molar-refractivity contribution in [1.82, 2.24) is 0 Å². The van der Waals surface area contributed by atoms with E-state index in [9.17, 15) is 4.79 Å². The molecule has 80 valence electrons. The number of hydrogen-bond donors (Lipinski definition) is 0. The number of methoxy groups -OCH3 is 1. The second-order valence-corrected chi connectivity index (χ2v) is 4.37. The van der Waals surface area contributed by atoms with E-state index in [4.69, 9.17) is 16.3 Å². The Bertz CT molecular complexity index is 383. The van der Waals surface area contributed by atoms with Crippen molar-refractivity contribution < 1.29 is 9.53 Å². The summed E-state index contributed by atoms with van der Waals surface area (Å²) in [6.07, 6.45) is 2.79. The number of hydrogen-bond acceptors (Lipinski definition) is 2. The largest absolute Gasteiger partial charge is 0.468 e. The molecule has 1 aromatic carbocycles. The van der Waals surface area contributed by atoms with Crippen LogP contribution < -0.4 is 0 Å². The number of carbonyl (C=O) groups is 1. The lowest BCUT2D eigenvalue weighted by Crippen LogP contribution is -2.43. The van der Waals surface area contributed by atoms with E-state index in [0.29, 0.717) is 5.02 Å². The first-order valence-corrected chi connectivity index (χ1v) is 5.41. The number of rotatable bonds is 2. The summed E-state index contributed by atoms with van der Waals surface area (Å²) in [7, 11) is 1.44. The maximum atomic E-state index is 11.8. The van der Waals surface area contributed by atoms with Crippen molar-refractivity contribution in [3.05, 3.63) is 34.9 Å². The van der Waals surface area contributed by atoms with Crippen LogP contribution >= 0.6 is 11.6 Å². The molecule has 0 aliphatic heterocycles. The van der Waals surface area contributed by atoms with Crippen molar-refractivity contribution >= 4 is 17.6 Å². The number of esters is 1. The van der Waals surface area contributed by atoms with Crippen LogP contribution in [0.4, 0.5) is 0 Å². The lowest BCUT2D eigenvalue weighted by molar-refractivity contribution is -0.151.